The minimum atomic E-state index is -0.176. The Bertz CT molecular complexity index is 1040. The van der Waals surface area contributed by atoms with Gasteiger partial charge in [0.2, 0.25) is 0 Å². The van der Waals surface area contributed by atoms with Crippen LogP contribution in [0.5, 0.6) is 11.5 Å². The maximum Gasteiger partial charge on any atom is 0.255 e. The summed E-state index contributed by atoms with van der Waals surface area (Å²) in [4.78, 5) is 15.5. The number of benzene rings is 2. The quantitative estimate of drug-likeness (QED) is 0.456. The Labute approximate surface area is 195 Å². The highest BCUT2D eigenvalue weighted by molar-refractivity contribution is 5.96. The molecule has 0 fully saturated rings. The van der Waals surface area contributed by atoms with Crippen molar-refractivity contribution in [3.8, 4) is 11.5 Å². The number of hydrogen-bond donors (Lipinski definition) is 1. The second kappa shape index (κ2) is 11.5. The van der Waals surface area contributed by atoms with Crippen LogP contribution >= 0.6 is 0 Å². The number of amides is 1. The number of para-hydroxylation sites is 1. The van der Waals surface area contributed by atoms with Gasteiger partial charge in [-0.15, -0.1) is 0 Å². The molecule has 0 saturated heterocycles. The van der Waals surface area contributed by atoms with Crippen LogP contribution in [-0.2, 0) is 6.61 Å². The summed E-state index contributed by atoms with van der Waals surface area (Å²) in [6, 6.07) is 15.3. The molecule has 1 N–H and O–H groups in total. The van der Waals surface area contributed by atoms with Gasteiger partial charge >= 0.3 is 0 Å². The van der Waals surface area contributed by atoms with Crippen molar-refractivity contribution in [3.05, 3.63) is 76.7 Å². The number of aromatic nitrogens is 1. The number of hydrogen-bond acceptors (Lipinski definition) is 6. The molecule has 1 aromatic heterocycles. The Balaban J connectivity index is 1.75. The third kappa shape index (κ3) is 5.93. The van der Waals surface area contributed by atoms with Gasteiger partial charge < -0.3 is 19.3 Å². The van der Waals surface area contributed by atoms with E-state index in [-0.39, 0.29) is 18.6 Å². The van der Waals surface area contributed by atoms with E-state index in [0.29, 0.717) is 17.9 Å². The molecule has 0 aliphatic rings. The standard InChI is InChI=1S/C26H33N3O4/c1-6-29(7-2)24(20-11-10-12-21(15-20)31-5)16-27-26(30)22-13-8-9-14-25(22)32-17-23-18(3)28-33-19(23)4/h8-15,24H,6-7,16-17H2,1-5H3,(H,27,30). The summed E-state index contributed by atoms with van der Waals surface area (Å²) in [5, 5.41) is 7.07. The van der Waals surface area contributed by atoms with Crippen LogP contribution in [0.3, 0.4) is 0 Å². The van der Waals surface area contributed by atoms with Crippen molar-refractivity contribution in [3.63, 3.8) is 0 Å². The van der Waals surface area contributed by atoms with Gasteiger partial charge in [-0.2, -0.15) is 0 Å². The summed E-state index contributed by atoms with van der Waals surface area (Å²) in [5.41, 5.74) is 3.27. The lowest BCUT2D eigenvalue weighted by Crippen LogP contribution is -2.38. The van der Waals surface area contributed by atoms with Gasteiger partial charge in [0.15, 0.2) is 0 Å². The highest BCUT2D eigenvalue weighted by atomic mass is 16.5. The molecule has 176 valence electrons. The fraction of sp³-hybridized carbons (Fsp3) is 0.385. The van der Waals surface area contributed by atoms with Gasteiger partial charge in [0.25, 0.3) is 5.91 Å². The summed E-state index contributed by atoms with van der Waals surface area (Å²) in [5.74, 6) is 1.86. The first kappa shape index (κ1) is 24.3. The maximum atomic E-state index is 13.2. The molecule has 0 aliphatic carbocycles. The number of aryl methyl sites for hydroxylation is 2. The van der Waals surface area contributed by atoms with Gasteiger partial charge in [0.05, 0.1) is 30.0 Å². The second-order valence-corrected chi connectivity index (χ2v) is 7.81. The highest BCUT2D eigenvalue weighted by Gasteiger charge is 2.21. The third-order valence-corrected chi connectivity index (χ3v) is 5.87. The lowest BCUT2D eigenvalue weighted by molar-refractivity contribution is 0.0930. The fourth-order valence-corrected chi connectivity index (χ4v) is 3.89. The molecule has 0 aliphatic heterocycles. The fourth-order valence-electron chi connectivity index (χ4n) is 3.89. The normalized spacial score (nSPS) is 11.9. The molecular formula is C26H33N3O4. The van der Waals surface area contributed by atoms with Crippen molar-refractivity contribution in [1.29, 1.82) is 0 Å². The van der Waals surface area contributed by atoms with E-state index in [9.17, 15) is 4.79 Å². The summed E-state index contributed by atoms with van der Waals surface area (Å²) in [6.45, 7) is 10.5. The molecule has 7 heteroatoms. The van der Waals surface area contributed by atoms with Crippen LogP contribution in [-0.4, -0.2) is 42.7 Å². The van der Waals surface area contributed by atoms with E-state index in [1.165, 1.54) is 0 Å². The highest BCUT2D eigenvalue weighted by Crippen LogP contribution is 2.25. The Kier molecular flexibility index (Phi) is 8.49. The zero-order chi connectivity index (χ0) is 23.8. The van der Waals surface area contributed by atoms with E-state index >= 15 is 0 Å². The van der Waals surface area contributed by atoms with E-state index in [1.807, 2.05) is 44.2 Å². The molecular weight excluding hydrogens is 418 g/mol. The summed E-state index contributed by atoms with van der Waals surface area (Å²) < 4.78 is 16.6. The van der Waals surface area contributed by atoms with E-state index in [4.69, 9.17) is 14.0 Å². The molecule has 0 spiro atoms. The molecule has 3 rings (SSSR count). The van der Waals surface area contributed by atoms with Crippen LogP contribution < -0.4 is 14.8 Å². The molecule has 0 bridgehead atoms. The van der Waals surface area contributed by atoms with Crippen molar-refractivity contribution in [2.45, 2.75) is 40.3 Å². The number of rotatable bonds is 11. The summed E-state index contributed by atoms with van der Waals surface area (Å²) >= 11 is 0. The van der Waals surface area contributed by atoms with Gasteiger partial charge in [-0.3, -0.25) is 9.69 Å². The number of nitrogens with zero attached hydrogens (tertiary/aromatic N) is 2. The van der Waals surface area contributed by atoms with Gasteiger partial charge in [0, 0.05) is 6.54 Å². The minimum Gasteiger partial charge on any atom is -0.497 e. The monoisotopic (exact) mass is 451 g/mol. The second-order valence-electron chi connectivity index (χ2n) is 7.81. The van der Waals surface area contributed by atoms with Crippen LogP contribution in [0.1, 0.15) is 52.8 Å². The zero-order valence-corrected chi connectivity index (χ0v) is 20.1. The van der Waals surface area contributed by atoms with E-state index in [1.54, 1.807) is 19.2 Å². The van der Waals surface area contributed by atoms with E-state index < -0.39 is 0 Å². The van der Waals surface area contributed by atoms with E-state index in [0.717, 1.165) is 41.4 Å². The minimum absolute atomic E-state index is 0.0226. The van der Waals surface area contributed by atoms with Crippen molar-refractivity contribution in [2.75, 3.05) is 26.7 Å². The van der Waals surface area contributed by atoms with Crippen molar-refractivity contribution in [2.24, 2.45) is 0 Å². The van der Waals surface area contributed by atoms with Crippen molar-refractivity contribution < 1.29 is 18.8 Å². The number of carbonyl (C=O) groups excluding carboxylic acids is 1. The molecule has 1 amide bonds. The maximum absolute atomic E-state index is 13.2. The summed E-state index contributed by atoms with van der Waals surface area (Å²) in [7, 11) is 1.66. The Hall–Kier alpha value is -3.32. The molecule has 2 aromatic carbocycles. The number of ether oxygens (including phenoxy) is 2. The predicted molar refractivity (Wildman–Crippen MR) is 128 cm³/mol. The van der Waals surface area contributed by atoms with E-state index in [2.05, 4.69) is 35.3 Å². The smallest absolute Gasteiger partial charge is 0.255 e. The lowest BCUT2D eigenvalue weighted by Gasteiger charge is -2.30. The molecule has 7 nitrogen and oxygen atoms in total. The van der Waals surface area contributed by atoms with Gasteiger partial charge in [-0.1, -0.05) is 43.3 Å². The molecule has 33 heavy (non-hydrogen) atoms. The van der Waals surface area contributed by atoms with Crippen LogP contribution in [0.2, 0.25) is 0 Å². The average Bonchev–Trinajstić information content (AvgIpc) is 3.17. The van der Waals surface area contributed by atoms with Crippen LogP contribution in [0.25, 0.3) is 0 Å². The van der Waals surface area contributed by atoms with Gasteiger partial charge in [-0.25, -0.2) is 0 Å². The number of carbonyl (C=O) groups is 1. The SMILES string of the molecule is CCN(CC)C(CNC(=O)c1ccccc1OCc1c(C)noc1C)c1cccc(OC)c1. The largest absolute Gasteiger partial charge is 0.497 e. The van der Waals surface area contributed by atoms with Crippen molar-refractivity contribution in [1.82, 2.24) is 15.4 Å². The Morgan fingerprint density at radius 3 is 2.55 bits per heavy atom. The lowest BCUT2D eigenvalue weighted by atomic mass is 10.0. The number of methoxy groups -OCH3 is 1. The molecule has 1 heterocycles. The van der Waals surface area contributed by atoms with Crippen LogP contribution in [0.4, 0.5) is 0 Å². The van der Waals surface area contributed by atoms with Crippen LogP contribution in [0, 0.1) is 13.8 Å². The molecule has 0 radical (unpaired) electrons. The average molecular weight is 452 g/mol. The Morgan fingerprint density at radius 2 is 1.88 bits per heavy atom. The predicted octanol–water partition coefficient (Wildman–Crippen LogP) is 4.69. The molecule has 3 aromatic rings. The first-order valence-corrected chi connectivity index (χ1v) is 11.3. The van der Waals surface area contributed by atoms with Crippen molar-refractivity contribution >= 4 is 5.91 Å². The zero-order valence-electron chi connectivity index (χ0n) is 20.1. The van der Waals surface area contributed by atoms with Gasteiger partial charge in [0.1, 0.15) is 23.9 Å². The number of likely N-dealkylation sites (N-methyl/N-ethyl adjacent to an activating group) is 1. The van der Waals surface area contributed by atoms with Crippen LogP contribution in [0.15, 0.2) is 53.1 Å². The first-order valence-electron chi connectivity index (χ1n) is 11.3. The molecule has 1 atom stereocenters. The third-order valence-electron chi connectivity index (χ3n) is 5.87. The Morgan fingerprint density at radius 1 is 1.12 bits per heavy atom. The number of nitrogens with one attached hydrogen (secondary N) is 1. The summed E-state index contributed by atoms with van der Waals surface area (Å²) in [6.07, 6.45) is 0. The molecule has 1 unspecified atom stereocenters. The van der Waals surface area contributed by atoms with Gasteiger partial charge in [-0.05, 0) is 56.8 Å². The first-order chi connectivity index (χ1) is 16.0. The molecule has 0 saturated carbocycles. The topological polar surface area (TPSA) is 76.8 Å².